The van der Waals surface area contributed by atoms with Crippen LogP contribution in [0.15, 0.2) is 4.52 Å². The van der Waals surface area contributed by atoms with E-state index >= 15 is 0 Å². The molecule has 1 aromatic heterocycles. The topological polar surface area (TPSA) is 83.4 Å². The lowest BCUT2D eigenvalue weighted by Crippen LogP contribution is -2.20. The Bertz CT molecular complexity index is 377. The quantitative estimate of drug-likeness (QED) is 0.850. The predicted octanol–water partition coefficient (Wildman–Crippen LogP) is 1.98. The molecule has 6 nitrogen and oxygen atoms in total. The molecule has 2 unspecified atom stereocenters. The lowest BCUT2D eigenvalue weighted by molar-refractivity contribution is 0.0273. The van der Waals surface area contributed by atoms with Crippen LogP contribution in [0, 0.1) is 5.92 Å². The van der Waals surface area contributed by atoms with Gasteiger partial charge in [0.25, 0.3) is 0 Å². The van der Waals surface area contributed by atoms with Gasteiger partial charge >= 0.3 is 0 Å². The highest BCUT2D eigenvalue weighted by molar-refractivity contribution is 4.97. The van der Waals surface area contributed by atoms with Crippen LogP contribution < -0.4 is 5.73 Å². The first kappa shape index (κ1) is 14.4. The lowest BCUT2D eigenvalue weighted by Gasteiger charge is -2.26. The van der Waals surface area contributed by atoms with Crippen LogP contribution in [0.1, 0.15) is 56.0 Å². The Kier molecular flexibility index (Phi) is 5.30. The van der Waals surface area contributed by atoms with Crippen molar-refractivity contribution in [2.24, 2.45) is 11.7 Å². The second kappa shape index (κ2) is 6.98. The molecule has 1 fully saturated rings. The number of nitrogens with two attached hydrogens (primary N) is 1. The second-order valence-electron chi connectivity index (χ2n) is 5.11. The van der Waals surface area contributed by atoms with Gasteiger partial charge in [-0.1, -0.05) is 24.4 Å². The summed E-state index contributed by atoms with van der Waals surface area (Å²) in [4.78, 5) is 4.37. The number of hydrogen-bond donors (Lipinski definition) is 1. The summed E-state index contributed by atoms with van der Waals surface area (Å²) in [7, 11) is 3.29. The Hall–Kier alpha value is -0.980. The Morgan fingerprint density at radius 1 is 1.32 bits per heavy atom. The van der Waals surface area contributed by atoms with Crippen molar-refractivity contribution in [2.75, 3.05) is 20.8 Å². The molecule has 0 amide bonds. The fraction of sp³-hybridized carbons (Fsp3) is 0.846. The van der Waals surface area contributed by atoms with Crippen molar-refractivity contribution in [1.82, 2.24) is 10.1 Å². The molecule has 0 spiro atoms. The van der Waals surface area contributed by atoms with E-state index in [1.54, 1.807) is 14.2 Å². The van der Waals surface area contributed by atoms with Crippen molar-refractivity contribution in [3.05, 3.63) is 11.7 Å². The molecule has 2 rings (SSSR count). The van der Waals surface area contributed by atoms with Gasteiger partial charge in [-0.05, 0) is 18.8 Å². The highest BCUT2D eigenvalue weighted by Crippen LogP contribution is 2.35. The zero-order valence-corrected chi connectivity index (χ0v) is 11.7. The van der Waals surface area contributed by atoms with Crippen LogP contribution in [0.5, 0.6) is 0 Å². The van der Waals surface area contributed by atoms with Crippen LogP contribution in [0.2, 0.25) is 0 Å². The first-order valence-electron chi connectivity index (χ1n) is 6.87. The molecule has 1 saturated carbocycles. The summed E-state index contributed by atoms with van der Waals surface area (Å²) in [6, 6.07) is -0.380. The van der Waals surface area contributed by atoms with Gasteiger partial charge in [-0.2, -0.15) is 4.98 Å². The summed E-state index contributed by atoms with van der Waals surface area (Å²) in [5.41, 5.74) is 5.88. The molecule has 6 heteroatoms. The van der Waals surface area contributed by atoms with E-state index < -0.39 is 0 Å². The molecule has 0 aliphatic heterocycles. The third kappa shape index (κ3) is 3.52. The van der Waals surface area contributed by atoms with Gasteiger partial charge < -0.3 is 19.7 Å². The molecule has 0 bridgehead atoms. The zero-order valence-electron chi connectivity index (χ0n) is 11.7. The molecular weight excluding hydrogens is 246 g/mol. The van der Waals surface area contributed by atoms with Gasteiger partial charge in [0.1, 0.15) is 12.1 Å². The number of rotatable bonds is 6. The molecular formula is C13H23N3O3. The van der Waals surface area contributed by atoms with Crippen molar-refractivity contribution in [3.8, 4) is 0 Å². The maximum Gasteiger partial charge on any atom is 0.246 e. The van der Waals surface area contributed by atoms with E-state index in [1.165, 1.54) is 19.3 Å². The van der Waals surface area contributed by atoms with E-state index in [2.05, 4.69) is 10.1 Å². The van der Waals surface area contributed by atoms with Gasteiger partial charge in [0.2, 0.25) is 11.7 Å². The smallest absolute Gasteiger partial charge is 0.246 e. The van der Waals surface area contributed by atoms with E-state index in [4.69, 9.17) is 19.7 Å². The van der Waals surface area contributed by atoms with Crippen LogP contribution in [-0.2, 0) is 9.47 Å². The summed E-state index contributed by atoms with van der Waals surface area (Å²) in [6.07, 6.45) is 6.03. The highest BCUT2D eigenvalue weighted by atomic mass is 16.5. The lowest BCUT2D eigenvalue weighted by atomic mass is 9.85. The first-order chi connectivity index (χ1) is 9.26. The molecule has 2 N–H and O–H groups in total. The molecule has 1 aliphatic rings. The van der Waals surface area contributed by atoms with Gasteiger partial charge in [0.05, 0.1) is 6.61 Å². The summed E-state index contributed by atoms with van der Waals surface area (Å²) < 4.78 is 15.8. The molecule has 0 aromatic carbocycles. The Balaban J connectivity index is 2.06. The minimum Gasteiger partial charge on any atom is -0.383 e. The Labute approximate surface area is 113 Å². The van der Waals surface area contributed by atoms with E-state index in [0.717, 1.165) is 12.8 Å². The molecule has 108 valence electrons. The maximum absolute atomic E-state index is 5.88. The third-order valence-electron chi connectivity index (χ3n) is 3.71. The van der Waals surface area contributed by atoms with Crippen LogP contribution in [0.4, 0.5) is 0 Å². The molecule has 2 atom stereocenters. The largest absolute Gasteiger partial charge is 0.383 e. The van der Waals surface area contributed by atoms with Gasteiger partial charge in [-0.15, -0.1) is 0 Å². The van der Waals surface area contributed by atoms with E-state index in [-0.39, 0.29) is 12.1 Å². The van der Waals surface area contributed by atoms with Crippen LogP contribution >= 0.6 is 0 Å². The average molecular weight is 269 g/mol. The Morgan fingerprint density at radius 2 is 2.05 bits per heavy atom. The van der Waals surface area contributed by atoms with Crippen molar-refractivity contribution in [3.63, 3.8) is 0 Å². The Morgan fingerprint density at radius 3 is 2.68 bits per heavy atom. The van der Waals surface area contributed by atoms with Crippen molar-refractivity contribution < 1.29 is 14.0 Å². The fourth-order valence-electron chi connectivity index (χ4n) is 2.71. The van der Waals surface area contributed by atoms with Crippen LogP contribution in [0.25, 0.3) is 0 Å². The SMILES string of the molecule is COCC(N)c1nc(C(OC)C2CCCCC2)no1. The number of nitrogens with zero attached hydrogens (tertiary/aromatic N) is 2. The fourth-order valence-corrected chi connectivity index (χ4v) is 2.71. The van der Waals surface area contributed by atoms with Crippen LogP contribution in [0.3, 0.4) is 0 Å². The normalized spacial score (nSPS) is 20.4. The number of aromatic nitrogens is 2. The molecule has 1 heterocycles. The average Bonchev–Trinajstić information content (AvgIpc) is 2.91. The van der Waals surface area contributed by atoms with Crippen molar-refractivity contribution >= 4 is 0 Å². The monoisotopic (exact) mass is 269 g/mol. The summed E-state index contributed by atoms with van der Waals surface area (Å²) in [6.45, 7) is 0.364. The number of ether oxygens (including phenoxy) is 2. The van der Waals surface area contributed by atoms with E-state index in [0.29, 0.717) is 24.2 Å². The second-order valence-corrected chi connectivity index (χ2v) is 5.11. The van der Waals surface area contributed by atoms with Gasteiger partial charge in [0, 0.05) is 14.2 Å². The van der Waals surface area contributed by atoms with Crippen LogP contribution in [-0.4, -0.2) is 31.0 Å². The molecule has 1 aromatic rings. The summed E-state index contributed by atoms with van der Waals surface area (Å²) in [5.74, 6) is 1.49. The standard InChI is InChI=1S/C13H23N3O3/c1-17-8-10(14)13-15-12(16-19-13)11(18-2)9-6-4-3-5-7-9/h9-11H,3-8,14H2,1-2H3. The highest BCUT2D eigenvalue weighted by Gasteiger charge is 2.29. The zero-order chi connectivity index (χ0) is 13.7. The van der Waals surface area contributed by atoms with Crippen molar-refractivity contribution in [1.29, 1.82) is 0 Å². The molecule has 0 saturated heterocycles. The van der Waals surface area contributed by atoms with Gasteiger partial charge in [-0.25, -0.2) is 0 Å². The molecule has 0 radical (unpaired) electrons. The number of methoxy groups -OCH3 is 2. The predicted molar refractivity (Wildman–Crippen MR) is 69.4 cm³/mol. The third-order valence-corrected chi connectivity index (χ3v) is 3.71. The summed E-state index contributed by atoms with van der Waals surface area (Å²) >= 11 is 0. The maximum atomic E-state index is 5.88. The molecule has 19 heavy (non-hydrogen) atoms. The first-order valence-corrected chi connectivity index (χ1v) is 6.87. The summed E-state index contributed by atoms with van der Waals surface area (Å²) in [5, 5.41) is 4.02. The van der Waals surface area contributed by atoms with Crippen molar-refractivity contribution in [2.45, 2.75) is 44.2 Å². The van der Waals surface area contributed by atoms with E-state index in [9.17, 15) is 0 Å². The van der Waals surface area contributed by atoms with E-state index in [1.807, 2.05) is 0 Å². The van der Waals surface area contributed by atoms with Gasteiger partial charge in [0.15, 0.2) is 0 Å². The minimum atomic E-state index is -0.380. The van der Waals surface area contributed by atoms with Gasteiger partial charge in [-0.3, -0.25) is 0 Å². The molecule has 1 aliphatic carbocycles. The number of hydrogen-bond acceptors (Lipinski definition) is 6. The minimum absolute atomic E-state index is 0.0902.